The van der Waals surface area contributed by atoms with Crippen LogP contribution in [0.25, 0.3) is 0 Å². The Morgan fingerprint density at radius 2 is 2.14 bits per heavy atom. The van der Waals surface area contributed by atoms with E-state index in [1.165, 1.54) is 12.1 Å². The summed E-state index contributed by atoms with van der Waals surface area (Å²) in [4.78, 5) is 11.1. The Bertz CT molecular complexity index is 322. The van der Waals surface area contributed by atoms with Gasteiger partial charge in [-0.15, -0.1) is 0 Å². The van der Waals surface area contributed by atoms with E-state index in [9.17, 15) is 15.0 Å². The van der Waals surface area contributed by atoms with E-state index in [0.29, 0.717) is 0 Å². The number of esters is 1. The van der Waals surface area contributed by atoms with Crippen LogP contribution >= 0.6 is 0 Å². The molecular formula is C10H12O4. The Hall–Kier alpha value is -1.55. The summed E-state index contributed by atoms with van der Waals surface area (Å²) in [5.74, 6) is -0.873. The van der Waals surface area contributed by atoms with Crippen LogP contribution in [0.3, 0.4) is 0 Å². The van der Waals surface area contributed by atoms with Crippen LogP contribution in [0.15, 0.2) is 24.3 Å². The highest BCUT2D eigenvalue weighted by atomic mass is 16.5. The van der Waals surface area contributed by atoms with Gasteiger partial charge in [0.1, 0.15) is 5.75 Å². The molecule has 1 aromatic carbocycles. The maximum Gasteiger partial charge on any atom is 0.339 e. The Labute approximate surface area is 81.8 Å². The van der Waals surface area contributed by atoms with Crippen molar-refractivity contribution in [3.8, 4) is 5.75 Å². The van der Waals surface area contributed by atoms with E-state index in [0.717, 1.165) is 0 Å². The van der Waals surface area contributed by atoms with Gasteiger partial charge in [0, 0.05) is 5.56 Å². The van der Waals surface area contributed by atoms with E-state index in [4.69, 9.17) is 0 Å². The lowest BCUT2D eigenvalue weighted by molar-refractivity contribution is -0.153. The van der Waals surface area contributed by atoms with Gasteiger partial charge in [0.05, 0.1) is 6.61 Å². The highest BCUT2D eigenvalue weighted by molar-refractivity contribution is 5.77. The van der Waals surface area contributed by atoms with Crippen LogP contribution < -0.4 is 0 Å². The van der Waals surface area contributed by atoms with Gasteiger partial charge in [-0.2, -0.15) is 0 Å². The molecule has 0 aromatic heterocycles. The number of para-hydroxylation sites is 1. The molecule has 2 N–H and O–H groups in total. The lowest BCUT2D eigenvalue weighted by Crippen LogP contribution is -2.15. The molecule has 0 fully saturated rings. The van der Waals surface area contributed by atoms with Crippen LogP contribution in [0, 0.1) is 0 Å². The first-order chi connectivity index (χ1) is 6.66. The molecule has 76 valence electrons. The lowest BCUT2D eigenvalue weighted by Gasteiger charge is -2.10. The highest BCUT2D eigenvalue weighted by Crippen LogP contribution is 2.24. The van der Waals surface area contributed by atoms with Gasteiger partial charge >= 0.3 is 5.97 Å². The van der Waals surface area contributed by atoms with Crippen LogP contribution in [0.5, 0.6) is 5.75 Å². The first-order valence-corrected chi connectivity index (χ1v) is 4.29. The topological polar surface area (TPSA) is 66.8 Å². The van der Waals surface area contributed by atoms with E-state index < -0.39 is 12.1 Å². The fraction of sp³-hybridized carbons (Fsp3) is 0.300. The van der Waals surface area contributed by atoms with Crippen molar-refractivity contribution in [3.05, 3.63) is 29.8 Å². The molecule has 1 aromatic rings. The van der Waals surface area contributed by atoms with Crippen LogP contribution in [0.1, 0.15) is 18.6 Å². The second-order valence-corrected chi connectivity index (χ2v) is 2.71. The first kappa shape index (κ1) is 10.5. The van der Waals surface area contributed by atoms with Crippen molar-refractivity contribution < 1.29 is 19.7 Å². The normalized spacial score (nSPS) is 12.1. The van der Waals surface area contributed by atoms with E-state index in [1.807, 2.05) is 0 Å². The minimum absolute atomic E-state index is 0.118. The van der Waals surface area contributed by atoms with Crippen molar-refractivity contribution in [2.24, 2.45) is 0 Å². The Balaban J connectivity index is 2.84. The largest absolute Gasteiger partial charge is 0.508 e. The molecule has 0 radical (unpaired) electrons. The van der Waals surface area contributed by atoms with Crippen LogP contribution in [-0.2, 0) is 9.53 Å². The van der Waals surface area contributed by atoms with Gasteiger partial charge in [-0.3, -0.25) is 0 Å². The van der Waals surface area contributed by atoms with Crippen molar-refractivity contribution in [1.29, 1.82) is 0 Å². The fourth-order valence-corrected chi connectivity index (χ4v) is 1.07. The maximum atomic E-state index is 11.1. The van der Waals surface area contributed by atoms with E-state index in [-0.39, 0.29) is 17.9 Å². The number of benzene rings is 1. The van der Waals surface area contributed by atoms with Crippen molar-refractivity contribution in [1.82, 2.24) is 0 Å². The average molecular weight is 196 g/mol. The average Bonchev–Trinajstić information content (AvgIpc) is 2.18. The van der Waals surface area contributed by atoms with Crippen molar-refractivity contribution in [2.45, 2.75) is 13.0 Å². The third kappa shape index (κ3) is 2.23. The number of aliphatic hydroxyl groups excluding tert-OH is 1. The number of aliphatic hydroxyl groups is 1. The van der Waals surface area contributed by atoms with E-state index >= 15 is 0 Å². The monoisotopic (exact) mass is 196 g/mol. The molecule has 1 atom stereocenters. The van der Waals surface area contributed by atoms with Gasteiger partial charge in [0.25, 0.3) is 0 Å². The van der Waals surface area contributed by atoms with Crippen LogP contribution in [0.2, 0.25) is 0 Å². The summed E-state index contributed by atoms with van der Waals surface area (Å²) in [5.41, 5.74) is 0.158. The fourth-order valence-electron chi connectivity index (χ4n) is 1.07. The van der Waals surface area contributed by atoms with Crippen LogP contribution in [0.4, 0.5) is 0 Å². The van der Waals surface area contributed by atoms with Gasteiger partial charge in [-0.1, -0.05) is 18.2 Å². The SMILES string of the molecule is CCOC(=O)[C@H](O)c1ccccc1O. The molecule has 0 saturated heterocycles. The molecule has 0 saturated carbocycles. The predicted molar refractivity (Wildman–Crippen MR) is 49.7 cm³/mol. The number of phenolic OH excluding ortho intramolecular Hbond substituents is 1. The molecule has 0 unspecified atom stereocenters. The van der Waals surface area contributed by atoms with Gasteiger partial charge in [0.2, 0.25) is 0 Å². The standard InChI is InChI=1S/C10H12O4/c1-2-14-10(13)9(12)7-5-3-4-6-8(7)11/h3-6,9,11-12H,2H2,1H3/t9-/m1/s1. The Kier molecular flexibility index (Phi) is 3.48. The molecule has 0 spiro atoms. The summed E-state index contributed by atoms with van der Waals surface area (Å²) in [6, 6.07) is 6.10. The Morgan fingerprint density at radius 3 is 2.71 bits per heavy atom. The number of carbonyl (C=O) groups is 1. The van der Waals surface area contributed by atoms with Gasteiger partial charge in [0.15, 0.2) is 6.10 Å². The summed E-state index contributed by atoms with van der Waals surface area (Å²) >= 11 is 0. The molecule has 1 rings (SSSR count). The zero-order valence-corrected chi connectivity index (χ0v) is 7.80. The number of carbonyl (C=O) groups excluding carboxylic acids is 1. The molecular weight excluding hydrogens is 184 g/mol. The summed E-state index contributed by atoms with van der Waals surface area (Å²) in [6.07, 6.45) is -1.42. The smallest absolute Gasteiger partial charge is 0.339 e. The highest BCUT2D eigenvalue weighted by Gasteiger charge is 2.20. The number of hydrogen-bond acceptors (Lipinski definition) is 4. The number of phenols is 1. The number of rotatable bonds is 3. The molecule has 0 bridgehead atoms. The molecule has 0 aliphatic rings. The van der Waals surface area contributed by atoms with Gasteiger partial charge < -0.3 is 14.9 Å². The quantitative estimate of drug-likeness (QED) is 0.707. The lowest BCUT2D eigenvalue weighted by atomic mass is 10.1. The maximum absolute atomic E-state index is 11.1. The summed E-state index contributed by atoms with van der Waals surface area (Å²) in [5, 5.41) is 18.8. The molecule has 0 aliphatic heterocycles. The molecule has 14 heavy (non-hydrogen) atoms. The summed E-state index contributed by atoms with van der Waals surface area (Å²) < 4.78 is 4.61. The molecule has 0 aliphatic carbocycles. The minimum atomic E-state index is -1.42. The van der Waals surface area contributed by atoms with E-state index in [1.54, 1.807) is 19.1 Å². The van der Waals surface area contributed by atoms with Crippen molar-refractivity contribution in [2.75, 3.05) is 6.61 Å². The summed E-state index contributed by atoms with van der Waals surface area (Å²) in [7, 11) is 0. The zero-order valence-electron chi connectivity index (χ0n) is 7.80. The molecule has 4 nitrogen and oxygen atoms in total. The van der Waals surface area contributed by atoms with Gasteiger partial charge in [-0.25, -0.2) is 4.79 Å². The van der Waals surface area contributed by atoms with Crippen LogP contribution in [-0.4, -0.2) is 22.8 Å². The second kappa shape index (κ2) is 4.62. The molecule has 0 amide bonds. The third-order valence-corrected chi connectivity index (χ3v) is 1.74. The van der Waals surface area contributed by atoms with Crippen molar-refractivity contribution in [3.63, 3.8) is 0 Å². The minimum Gasteiger partial charge on any atom is -0.508 e. The Morgan fingerprint density at radius 1 is 1.50 bits per heavy atom. The molecule has 0 heterocycles. The third-order valence-electron chi connectivity index (χ3n) is 1.74. The van der Waals surface area contributed by atoms with E-state index in [2.05, 4.69) is 4.74 Å². The second-order valence-electron chi connectivity index (χ2n) is 2.71. The number of ether oxygens (including phenoxy) is 1. The number of hydrogen-bond donors (Lipinski definition) is 2. The number of aromatic hydroxyl groups is 1. The van der Waals surface area contributed by atoms with Crippen molar-refractivity contribution >= 4 is 5.97 Å². The zero-order chi connectivity index (χ0) is 10.6. The molecule has 4 heteroatoms. The van der Waals surface area contributed by atoms with Gasteiger partial charge in [-0.05, 0) is 13.0 Å². The first-order valence-electron chi connectivity index (χ1n) is 4.29. The summed E-state index contributed by atoms with van der Waals surface area (Å²) in [6.45, 7) is 1.85. The predicted octanol–water partition coefficient (Wildman–Crippen LogP) is 0.989.